The van der Waals surface area contributed by atoms with Crippen molar-refractivity contribution >= 4 is 27.2 Å². The number of nitrogens with one attached hydrogen (secondary N) is 2. The van der Waals surface area contributed by atoms with Gasteiger partial charge in [-0.05, 0) is 45.0 Å². The van der Waals surface area contributed by atoms with Crippen LogP contribution in [-0.2, 0) is 10.0 Å². The molecule has 0 saturated carbocycles. The summed E-state index contributed by atoms with van der Waals surface area (Å²) >= 11 is 0. The predicted molar refractivity (Wildman–Crippen MR) is 92.8 cm³/mol. The molecule has 0 aliphatic heterocycles. The second kappa shape index (κ2) is 7.32. The summed E-state index contributed by atoms with van der Waals surface area (Å²) in [5.41, 5.74) is 1.24. The van der Waals surface area contributed by atoms with E-state index in [0.29, 0.717) is 11.5 Å². The van der Waals surface area contributed by atoms with Gasteiger partial charge >= 0.3 is 0 Å². The Labute approximate surface area is 137 Å². The predicted octanol–water partition coefficient (Wildman–Crippen LogP) is 3.37. The summed E-state index contributed by atoms with van der Waals surface area (Å²) in [7, 11) is -3.29. The number of hydrogen-bond donors (Lipinski definition) is 2. The molecule has 2 N–H and O–H groups in total. The zero-order valence-corrected chi connectivity index (χ0v) is 14.2. The van der Waals surface area contributed by atoms with E-state index in [9.17, 15) is 8.42 Å². The van der Waals surface area contributed by atoms with Crippen molar-refractivity contribution in [2.45, 2.75) is 26.9 Å². The van der Waals surface area contributed by atoms with Crippen LogP contribution in [0.5, 0.6) is 5.75 Å². The zero-order chi connectivity index (χ0) is 16.9. The van der Waals surface area contributed by atoms with E-state index in [1.54, 1.807) is 19.1 Å². The average Bonchev–Trinajstić information content (AvgIpc) is 2.50. The average molecular weight is 335 g/mol. The third kappa shape index (κ3) is 5.14. The highest BCUT2D eigenvalue weighted by molar-refractivity contribution is 7.92. The first-order chi connectivity index (χ1) is 10.9. The van der Waals surface area contributed by atoms with Crippen molar-refractivity contribution in [2.24, 2.45) is 0 Å². The Hall–Kier alpha value is -2.28. The van der Waals surface area contributed by atoms with Gasteiger partial charge in [-0.1, -0.05) is 12.1 Å². The minimum Gasteiger partial charge on any atom is -0.489 e. The van der Waals surface area contributed by atoms with Crippen LogP contribution in [0.15, 0.2) is 42.6 Å². The van der Waals surface area contributed by atoms with Gasteiger partial charge in [0.25, 0.3) is 0 Å². The first-order valence-electron chi connectivity index (χ1n) is 7.39. The normalized spacial score (nSPS) is 11.3. The van der Waals surface area contributed by atoms with E-state index in [1.165, 1.54) is 6.20 Å². The number of aromatic nitrogens is 1. The molecule has 2 rings (SSSR count). The molecule has 0 aliphatic rings. The lowest BCUT2D eigenvalue weighted by Crippen LogP contribution is -2.14. The minimum atomic E-state index is -3.29. The van der Waals surface area contributed by atoms with Gasteiger partial charge in [0, 0.05) is 0 Å². The first-order valence-corrected chi connectivity index (χ1v) is 9.04. The van der Waals surface area contributed by atoms with Crippen LogP contribution in [-0.4, -0.2) is 25.3 Å². The molecule has 0 bridgehead atoms. The van der Waals surface area contributed by atoms with E-state index in [0.717, 1.165) is 11.4 Å². The number of sulfonamides is 1. The van der Waals surface area contributed by atoms with Crippen molar-refractivity contribution in [3.8, 4) is 5.75 Å². The summed E-state index contributed by atoms with van der Waals surface area (Å²) in [4.78, 5) is 4.22. The maximum Gasteiger partial charge on any atom is 0.232 e. The Morgan fingerprint density at radius 2 is 1.91 bits per heavy atom. The van der Waals surface area contributed by atoms with Crippen LogP contribution < -0.4 is 14.8 Å². The quantitative estimate of drug-likeness (QED) is 0.811. The van der Waals surface area contributed by atoms with E-state index in [-0.39, 0.29) is 11.9 Å². The fraction of sp³-hybridized carbons (Fsp3) is 0.312. The van der Waals surface area contributed by atoms with Crippen molar-refractivity contribution < 1.29 is 13.2 Å². The largest absolute Gasteiger partial charge is 0.489 e. The highest BCUT2D eigenvalue weighted by Gasteiger charge is 2.08. The third-order valence-electron chi connectivity index (χ3n) is 2.93. The number of pyridine rings is 1. The SMILES string of the molecule is CCS(=O)(=O)Nc1ccc(Nc2ccccc2OC(C)C)nc1. The lowest BCUT2D eigenvalue weighted by Gasteiger charge is -2.15. The van der Waals surface area contributed by atoms with Gasteiger partial charge in [-0.25, -0.2) is 13.4 Å². The van der Waals surface area contributed by atoms with Gasteiger partial charge in [-0.2, -0.15) is 0 Å². The smallest absolute Gasteiger partial charge is 0.232 e. The number of anilines is 3. The number of hydrogen-bond acceptors (Lipinski definition) is 5. The van der Waals surface area contributed by atoms with E-state index >= 15 is 0 Å². The molecule has 1 heterocycles. The summed E-state index contributed by atoms with van der Waals surface area (Å²) in [6, 6.07) is 10.9. The second-order valence-corrected chi connectivity index (χ2v) is 7.24. The molecule has 6 nitrogen and oxygen atoms in total. The van der Waals surface area contributed by atoms with Crippen LogP contribution >= 0.6 is 0 Å². The Kier molecular flexibility index (Phi) is 5.44. The lowest BCUT2D eigenvalue weighted by molar-refractivity contribution is 0.244. The molecule has 0 spiro atoms. The summed E-state index contributed by atoms with van der Waals surface area (Å²) in [6.07, 6.45) is 1.54. The van der Waals surface area contributed by atoms with Gasteiger partial charge in [0.05, 0.1) is 29.4 Å². The van der Waals surface area contributed by atoms with E-state index in [2.05, 4.69) is 15.0 Å². The number of benzene rings is 1. The van der Waals surface area contributed by atoms with Gasteiger partial charge in [-0.15, -0.1) is 0 Å². The molecular weight excluding hydrogens is 314 g/mol. The number of rotatable bonds is 7. The van der Waals surface area contributed by atoms with Crippen LogP contribution in [0.2, 0.25) is 0 Å². The maximum atomic E-state index is 11.5. The summed E-state index contributed by atoms with van der Waals surface area (Å²) in [6.45, 7) is 5.50. The van der Waals surface area contributed by atoms with Crippen LogP contribution in [0.1, 0.15) is 20.8 Å². The Bertz CT molecular complexity index is 743. The van der Waals surface area contributed by atoms with Gasteiger partial charge < -0.3 is 10.1 Å². The fourth-order valence-corrected chi connectivity index (χ4v) is 2.47. The monoisotopic (exact) mass is 335 g/mol. The molecule has 2 aromatic rings. The molecule has 0 fully saturated rings. The maximum absolute atomic E-state index is 11.5. The van der Waals surface area contributed by atoms with Crippen molar-refractivity contribution in [3.63, 3.8) is 0 Å². The minimum absolute atomic E-state index is 0.0208. The van der Waals surface area contributed by atoms with Gasteiger partial charge in [-0.3, -0.25) is 4.72 Å². The summed E-state index contributed by atoms with van der Waals surface area (Å²) in [5, 5.41) is 3.17. The standard InChI is InChI=1S/C16H21N3O3S/c1-4-23(20,21)19-13-9-10-16(17-11-13)18-14-7-5-6-8-15(14)22-12(2)3/h5-12,19H,4H2,1-3H3,(H,17,18). The van der Waals surface area contributed by atoms with Gasteiger partial charge in [0.2, 0.25) is 10.0 Å². The fourth-order valence-electron chi connectivity index (χ4n) is 1.84. The Morgan fingerprint density at radius 1 is 1.17 bits per heavy atom. The van der Waals surface area contributed by atoms with Crippen molar-refractivity contribution in [1.82, 2.24) is 4.98 Å². The van der Waals surface area contributed by atoms with E-state index < -0.39 is 10.0 Å². The molecule has 23 heavy (non-hydrogen) atoms. The molecule has 0 amide bonds. The lowest BCUT2D eigenvalue weighted by atomic mass is 10.3. The molecule has 0 radical (unpaired) electrons. The molecule has 0 atom stereocenters. The number of ether oxygens (including phenoxy) is 1. The molecular formula is C16H21N3O3S. The van der Waals surface area contributed by atoms with Crippen LogP contribution in [0.4, 0.5) is 17.2 Å². The van der Waals surface area contributed by atoms with Crippen molar-refractivity contribution in [3.05, 3.63) is 42.6 Å². The Morgan fingerprint density at radius 3 is 2.52 bits per heavy atom. The molecule has 1 aromatic carbocycles. The van der Waals surface area contributed by atoms with E-state index in [4.69, 9.17) is 4.74 Å². The molecule has 0 unspecified atom stereocenters. The topological polar surface area (TPSA) is 80.3 Å². The molecule has 0 aliphatic carbocycles. The summed E-state index contributed by atoms with van der Waals surface area (Å²) in [5.74, 6) is 1.36. The molecule has 1 aromatic heterocycles. The van der Waals surface area contributed by atoms with Gasteiger partial charge in [0.1, 0.15) is 11.6 Å². The van der Waals surface area contributed by atoms with Crippen molar-refractivity contribution in [1.29, 1.82) is 0 Å². The highest BCUT2D eigenvalue weighted by Crippen LogP contribution is 2.27. The van der Waals surface area contributed by atoms with Crippen LogP contribution in [0, 0.1) is 0 Å². The Balaban J connectivity index is 2.13. The first kappa shape index (κ1) is 17.1. The van der Waals surface area contributed by atoms with E-state index in [1.807, 2.05) is 38.1 Å². The second-order valence-electron chi connectivity index (χ2n) is 5.23. The van der Waals surface area contributed by atoms with Crippen molar-refractivity contribution in [2.75, 3.05) is 15.8 Å². The van der Waals surface area contributed by atoms with Gasteiger partial charge in [0.15, 0.2) is 0 Å². The van der Waals surface area contributed by atoms with Crippen LogP contribution in [0.25, 0.3) is 0 Å². The third-order valence-corrected chi connectivity index (χ3v) is 4.24. The highest BCUT2D eigenvalue weighted by atomic mass is 32.2. The number of nitrogens with zero attached hydrogens (tertiary/aromatic N) is 1. The zero-order valence-electron chi connectivity index (χ0n) is 13.4. The number of para-hydroxylation sites is 2. The summed E-state index contributed by atoms with van der Waals surface area (Å²) < 4.78 is 31.2. The molecule has 0 saturated heterocycles. The molecule has 7 heteroatoms. The van der Waals surface area contributed by atoms with Crippen LogP contribution in [0.3, 0.4) is 0 Å². The molecule has 124 valence electrons.